The molecule has 0 aliphatic rings. The summed E-state index contributed by atoms with van der Waals surface area (Å²) in [6.45, 7) is 4.43. The van der Waals surface area contributed by atoms with Crippen molar-refractivity contribution in [3.8, 4) is 5.75 Å². The molecule has 1 aromatic heterocycles. The largest absolute Gasteiger partial charge is 0.508 e. The third-order valence-electron chi connectivity index (χ3n) is 7.81. The van der Waals surface area contributed by atoms with Crippen molar-refractivity contribution >= 4 is 41.5 Å². The molecule has 20 heteroatoms. The number of nitrogens with two attached hydrogens (primary N) is 3. The summed E-state index contributed by atoms with van der Waals surface area (Å²) < 4.78 is 0. The molecule has 15 N–H and O–H groups in total. The van der Waals surface area contributed by atoms with E-state index >= 15 is 0 Å². The second-order valence-corrected chi connectivity index (χ2v) is 12.8. The molecule has 0 fully saturated rings. The molecule has 2 rings (SSSR count). The van der Waals surface area contributed by atoms with E-state index in [9.17, 15) is 39.0 Å². The van der Waals surface area contributed by atoms with E-state index in [-0.39, 0.29) is 56.3 Å². The highest BCUT2D eigenvalue weighted by atomic mass is 16.4. The number of rotatable bonds is 22. The minimum absolute atomic E-state index is 0.0147. The predicted molar refractivity (Wildman–Crippen MR) is 191 cm³/mol. The van der Waals surface area contributed by atoms with Crippen LogP contribution in [0.25, 0.3) is 0 Å². The van der Waals surface area contributed by atoms with Crippen LogP contribution in [-0.2, 0) is 41.6 Å². The SMILES string of the molecule is CC(C)C[C@H](NC(=O)[C@H](C)NC(=O)[C@@H](N)CO)C(=O)N[C@@H](CCCN=C(N)N)C(=O)N[C@@H](Cc1cnc[nH]1)C(=O)N[C@@H](Cc1ccc(O)cc1)C(=O)O. The van der Waals surface area contributed by atoms with Crippen molar-refractivity contribution < 1.29 is 44.1 Å². The second-order valence-electron chi connectivity index (χ2n) is 12.8. The highest BCUT2D eigenvalue weighted by molar-refractivity contribution is 5.96. The van der Waals surface area contributed by atoms with Gasteiger partial charge in [0.2, 0.25) is 29.5 Å². The number of carboxylic acids is 1. The Balaban J connectivity index is 2.32. The third-order valence-corrected chi connectivity index (χ3v) is 7.81. The molecule has 0 bridgehead atoms. The first-order valence-electron chi connectivity index (χ1n) is 16.9. The molecule has 0 unspecified atom stereocenters. The molecular formula is C33H51N11O9. The number of hydrogen-bond acceptors (Lipinski definition) is 11. The lowest BCUT2D eigenvalue weighted by Crippen LogP contribution is -2.59. The van der Waals surface area contributed by atoms with Gasteiger partial charge in [0.05, 0.1) is 12.9 Å². The number of aliphatic hydroxyl groups is 1. The average Bonchev–Trinajstić information content (AvgIpc) is 3.61. The van der Waals surface area contributed by atoms with Crippen molar-refractivity contribution in [3.63, 3.8) is 0 Å². The van der Waals surface area contributed by atoms with Gasteiger partial charge >= 0.3 is 5.97 Å². The van der Waals surface area contributed by atoms with Crippen LogP contribution < -0.4 is 43.8 Å². The van der Waals surface area contributed by atoms with Gasteiger partial charge < -0.3 is 64.1 Å². The van der Waals surface area contributed by atoms with Gasteiger partial charge in [-0.2, -0.15) is 0 Å². The van der Waals surface area contributed by atoms with Crippen LogP contribution in [0, 0.1) is 5.92 Å². The number of nitrogens with one attached hydrogen (secondary N) is 6. The molecule has 53 heavy (non-hydrogen) atoms. The number of carbonyl (C=O) groups excluding carboxylic acids is 5. The maximum absolute atomic E-state index is 13.9. The molecule has 0 aliphatic carbocycles. The van der Waals surface area contributed by atoms with Crippen molar-refractivity contribution in [2.45, 2.75) is 89.1 Å². The number of aliphatic carboxylic acids is 1. The number of aliphatic imine (C=N–C) groups is 1. The van der Waals surface area contributed by atoms with Gasteiger partial charge in [-0.3, -0.25) is 29.0 Å². The van der Waals surface area contributed by atoms with Crippen LogP contribution >= 0.6 is 0 Å². The van der Waals surface area contributed by atoms with Gasteiger partial charge in [0.15, 0.2) is 5.96 Å². The third kappa shape index (κ3) is 15.6. The molecular weight excluding hydrogens is 694 g/mol. The lowest BCUT2D eigenvalue weighted by Gasteiger charge is -2.27. The normalized spacial score (nSPS) is 14.4. The second kappa shape index (κ2) is 21.6. The molecule has 0 saturated carbocycles. The van der Waals surface area contributed by atoms with Crippen molar-refractivity contribution in [2.24, 2.45) is 28.1 Å². The number of aliphatic hydroxyl groups excluding tert-OH is 1. The molecule has 1 heterocycles. The Bertz CT molecular complexity index is 1550. The van der Waals surface area contributed by atoms with E-state index in [4.69, 9.17) is 22.3 Å². The van der Waals surface area contributed by atoms with Crippen molar-refractivity contribution in [1.29, 1.82) is 0 Å². The van der Waals surface area contributed by atoms with Gasteiger partial charge in [-0.1, -0.05) is 26.0 Å². The van der Waals surface area contributed by atoms with Crippen LogP contribution in [0.4, 0.5) is 0 Å². The lowest BCUT2D eigenvalue weighted by molar-refractivity contribution is -0.142. The zero-order valence-corrected chi connectivity index (χ0v) is 29.9. The van der Waals surface area contributed by atoms with Crippen LogP contribution in [0.1, 0.15) is 51.3 Å². The number of aromatic amines is 1. The molecule has 2 aromatic rings. The number of benzene rings is 1. The number of aromatic hydroxyl groups is 1. The van der Waals surface area contributed by atoms with Crippen LogP contribution in [0.2, 0.25) is 0 Å². The van der Waals surface area contributed by atoms with E-state index in [1.165, 1.54) is 43.7 Å². The Kier molecular flexibility index (Phi) is 17.7. The first-order valence-corrected chi connectivity index (χ1v) is 16.9. The van der Waals surface area contributed by atoms with E-state index in [1.807, 2.05) is 13.8 Å². The summed E-state index contributed by atoms with van der Waals surface area (Å²) in [6, 6.07) is -1.82. The van der Waals surface area contributed by atoms with E-state index < -0.39 is 78.4 Å². The lowest BCUT2D eigenvalue weighted by atomic mass is 10.0. The van der Waals surface area contributed by atoms with Crippen molar-refractivity contribution in [1.82, 2.24) is 36.6 Å². The fraction of sp³-hybridized carbons (Fsp3) is 0.515. The number of hydrogen-bond donors (Lipinski definition) is 12. The summed E-state index contributed by atoms with van der Waals surface area (Å²) in [5.74, 6) is -5.55. The number of carboxylic acid groups (broad SMARTS) is 1. The fourth-order valence-corrected chi connectivity index (χ4v) is 4.95. The molecule has 6 atom stereocenters. The number of amides is 5. The Labute approximate surface area is 306 Å². The zero-order valence-electron chi connectivity index (χ0n) is 29.9. The summed E-state index contributed by atoms with van der Waals surface area (Å²) in [4.78, 5) is 89.0. The van der Waals surface area contributed by atoms with Crippen LogP contribution in [0.5, 0.6) is 5.75 Å². The number of phenols is 1. The number of aromatic nitrogens is 2. The zero-order chi connectivity index (χ0) is 39.7. The minimum atomic E-state index is -1.41. The van der Waals surface area contributed by atoms with Gasteiger partial charge in [0.1, 0.15) is 42.0 Å². The number of guanidine groups is 1. The first-order chi connectivity index (χ1) is 25.0. The number of imidazole rings is 1. The summed E-state index contributed by atoms with van der Waals surface area (Å²) in [5.41, 5.74) is 17.3. The number of H-pyrrole nitrogens is 1. The summed E-state index contributed by atoms with van der Waals surface area (Å²) >= 11 is 0. The molecule has 0 saturated heterocycles. The quantitative estimate of drug-likeness (QED) is 0.0322. The van der Waals surface area contributed by atoms with Gasteiger partial charge in [-0.25, -0.2) is 9.78 Å². The Hall–Kier alpha value is -5.76. The van der Waals surface area contributed by atoms with Crippen molar-refractivity contribution in [3.05, 3.63) is 48.0 Å². The highest BCUT2D eigenvalue weighted by Gasteiger charge is 2.33. The number of phenolic OH excluding ortho intramolecular Hbond substituents is 1. The molecule has 0 spiro atoms. The highest BCUT2D eigenvalue weighted by Crippen LogP contribution is 2.13. The Morgan fingerprint density at radius 3 is 1.96 bits per heavy atom. The molecule has 20 nitrogen and oxygen atoms in total. The smallest absolute Gasteiger partial charge is 0.326 e. The van der Waals surface area contributed by atoms with Crippen LogP contribution in [0.15, 0.2) is 41.8 Å². The average molecular weight is 746 g/mol. The van der Waals surface area contributed by atoms with E-state index in [0.29, 0.717) is 11.3 Å². The Morgan fingerprint density at radius 1 is 0.811 bits per heavy atom. The molecule has 0 radical (unpaired) electrons. The monoisotopic (exact) mass is 745 g/mol. The maximum atomic E-state index is 13.9. The van der Waals surface area contributed by atoms with Gasteiger partial charge in [0, 0.05) is 31.3 Å². The topological polar surface area (TPSA) is 342 Å². The van der Waals surface area contributed by atoms with Gasteiger partial charge in [-0.15, -0.1) is 0 Å². The minimum Gasteiger partial charge on any atom is -0.508 e. The van der Waals surface area contributed by atoms with E-state index in [1.54, 1.807) is 0 Å². The summed E-state index contributed by atoms with van der Waals surface area (Å²) in [6.07, 6.45) is 2.85. The van der Waals surface area contributed by atoms with Gasteiger partial charge in [-0.05, 0) is 49.8 Å². The van der Waals surface area contributed by atoms with E-state index in [2.05, 4.69) is 41.5 Å². The fourth-order valence-electron chi connectivity index (χ4n) is 4.95. The van der Waals surface area contributed by atoms with Crippen molar-refractivity contribution in [2.75, 3.05) is 13.2 Å². The Morgan fingerprint density at radius 2 is 1.40 bits per heavy atom. The summed E-state index contributed by atoms with van der Waals surface area (Å²) in [7, 11) is 0. The van der Waals surface area contributed by atoms with E-state index in [0.717, 1.165) is 0 Å². The summed E-state index contributed by atoms with van der Waals surface area (Å²) in [5, 5.41) is 41.2. The molecule has 1 aromatic carbocycles. The molecule has 0 aliphatic heterocycles. The standard InChI is InChI=1S/C33H51N11O9/c1-17(2)11-24(42-27(47)18(3)40-28(48)22(34)15-45)30(50)41-23(5-4-10-38-33(35)36)29(49)43-25(13-20-14-37-16-39-20)31(51)44-26(32(52)53)12-19-6-8-21(46)9-7-19/h6-9,14,16-18,22-26,45-46H,4-5,10-13,15,34H2,1-3H3,(H,37,39)(H,40,48)(H,41,50)(H,42,47)(H,43,49)(H,44,51)(H,52,53)(H4,35,36,38)/t18-,22-,23-,24-,25-,26-/m0/s1. The van der Waals surface area contributed by atoms with Gasteiger partial charge in [0.25, 0.3) is 0 Å². The molecule has 5 amide bonds. The first kappa shape index (κ1) is 43.4. The number of nitrogens with zero attached hydrogens (tertiary/aromatic N) is 2. The molecule has 292 valence electrons. The number of carbonyl (C=O) groups is 6. The van der Waals surface area contributed by atoms with Crippen LogP contribution in [-0.4, -0.2) is 116 Å². The predicted octanol–water partition coefficient (Wildman–Crippen LogP) is -3.15. The maximum Gasteiger partial charge on any atom is 0.326 e. The van der Waals surface area contributed by atoms with Crippen LogP contribution in [0.3, 0.4) is 0 Å².